The van der Waals surface area contributed by atoms with Crippen LogP contribution in [0.25, 0.3) is 11.2 Å². The van der Waals surface area contributed by atoms with Gasteiger partial charge in [0.25, 0.3) is 0 Å². The highest BCUT2D eigenvalue weighted by Gasteiger charge is 2.44. The van der Waals surface area contributed by atoms with Gasteiger partial charge in [0.15, 0.2) is 23.2 Å². The number of nitrogens with zero attached hydrogens (tertiary/aromatic N) is 5. The second-order valence-electron chi connectivity index (χ2n) is 6.74. The lowest BCUT2D eigenvalue weighted by Gasteiger charge is -2.17. The van der Waals surface area contributed by atoms with Crippen LogP contribution in [0.4, 0.5) is 5.82 Å². The van der Waals surface area contributed by atoms with Crippen LogP contribution in [-0.4, -0.2) is 92.4 Å². The van der Waals surface area contributed by atoms with E-state index in [2.05, 4.69) is 20.3 Å². The van der Waals surface area contributed by atoms with Crippen molar-refractivity contribution >= 4 is 23.4 Å². The number of fused-ring (bicyclic) bond motifs is 1. The zero-order valence-electron chi connectivity index (χ0n) is 15.2. The second-order valence-corrected chi connectivity index (χ2v) is 6.74. The smallest absolute Gasteiger partial charge is 0.233 e. The number of hydrogen-bond acceptors (Lipinski definition) is 10. The molecule has 12 heteroatoms. The van der Waals surface area contributed by atoms with Gasteiger partial charge in [-0.05, 0) is 6.42 Å². The molecular weight excluding hydrogens is 372 g/mol. The van der Waals surface area contributed by atoms with Gasteiger partial charge < -0.3 is 25.0 Å². The lowest BCUT2D eigenvalue weighted by atomic mass is 10.1. The maximum absolute atomic E-state index is 10.6. The maximum Gasteiger partial charge on any atom is 0.233 e. The summed E-state index contributed by atoms with van der Waals surface area (Å²) in [5.41, 5.74) is 0.985. The molecule has 0 aromatic carbocycles. The predicted octanol–water partition coefficient (Wildman–Crippen LogP) is -1.33. The Morgan fingerprint density at radius 2 is 2.25 bits per heavy atom. The Labute approximate surface area is 160 Å². The third kappa shape index (κ3) is 3.52. The largest absolute Gasteiger partial charge is 0.387 e. The number of nitrogens with one attached hydrogen (secondary N) is 1. The first kappa shape index (κ1) is 19.0. The Morgan fingerprint density at radius 3 is 3.00 bits per heavy atom. The molecule has 28 heavy (non-hydrogen) atoms. The van der Waals surface area contributed by atoms with Crippen molar-refractivity contribution in [2.45, 2.75) is 37.0 Å². The molecule has 2 aliphatic rings. The van der Waals surface area contributed by atoms with Crippen molar-refractivity contribution in [2.75, 3.05) is 32.2 Å². The number of carbonyl (C=O) groups excluding carboxylic acids is 1. The van der Waals surface area contributed by atoms with E-state index in [4.69, 9.17) is 14.3 Å². The summed E-state index contributed by atoms with van der Waals surface area (Å²) in [5.74, 6) is 0.569. The molecule has 0 bridgehead atoms. The third-order valence-corrected chi connectivity index (χ3v) is 4.83. The fourth-order valence-electron chi connectivity index (χ4n) is 3.30. The number of imidazole rings is 1. The molecule has 0 spiro atoms. The van der Waals surface area contributed by atoms with Gasteiger partial charge in [-0.2, -0.15) is 0 Å². The Hall–Kier alpha value is -2.38. The number of hydroxylamine groups is 2. The zero-order chi connectivity index (χ0) is 19.7. The van der Waals surface area contributed by atoms with Crippen LogP contribution >= 0.6 is 0 Å². The molecule has 0 saturated carbocycles. The number of aromatic nitrogens is 4. The van der Waals surface area contributed by atoms with Crippen LogP contribution in [0.3, 0.4) is 0 Å². The fraction of sp³-hybridized carbons (Fsp3) is 0.625. The topological polar surface area (TPSA) is 144 Å². The molecule has 152 valence electrons. The SMILES string of the molecule is CN(C=O)OC[C@H]1O[C@@H](n2cnc3c(N[C@@H]4CCOC4)ncnc32)[C@H](O)[C@@H]1O. The first-order chi connectivity index (χ1) is 13.6. The van der Waals surface area contributed by atoms with Crippen LogP contribution < -0.4 is 5.32 Å². The van der Waals surface area contributed by atoms with Crippen LogP contribution in [-0.2, 0) is 19.1 Å². The van der Waals surface area contributed by atoms with Gasteiger partial charge in [0, 0.05) is 13.7 Å². The summed E-state index contributed by atoms with van der Waals surface area (Å²) < 4.78 is 12.7. The first-order valence-corrected chi connectivity index (χ1v) is 8.93. The number of amides is 1. The molecule has 2 aromatic rings. The number of rotatable bonds is 7. The minimum atomic E-state index is -1.22. The molecular formula is C16H22N6O6. The van der Waals surface area contributed by atoms with Crippen molar-refractivity contribution in [1.82, 2.24) is 24.6 Å². The monoisotopic (exact) mass is 394 g/mol. The molecule has 2 aromatic heterocycles. The molecule has 4 heterocycles. The molecule has 1 amide bonds. The summed E-state index contributed by atoms with van der Waals surface area (Å²) in [4.78, 5) is 28.6. The Kier molecular flexibility index (Phi) is 5.37. The normalized spacial score (nSPS) is 30.0. The predicted molar refractivity (Wildman–Crippen MR) is 93.9 cm³/mol. The van der Waals surface area contributed by atoms with E-state index in [0.29, 0.717) is 36.6 Å². The van der Waals surface area contributed by atoms with Crippen LogP contribution in [0.1, 0.15) is 12.6 Å². The van der Waals surface area contributed by atoms with Gasteiger partial charge in [-0.25, -0.2) is 20.0 Å². The first-order valence-electron chi connectivity index (χ1n) is 8.93. The van der Waals surface area contributed by atoms with E-state index >= 15 is 0 Å². The van der Waals surface area contributed by atoms with Crippen molar-refractivity contribution in [2.24, 2.45) is 0 Å². The third-order valence-electron chi connectivity index (χ3n) is 4.83. The van der Waals surface area contributed by atoms with Gasteiger partial charge in [-0.1, -0.05) is 0 Å². The standard InChI is InChI=1S/C16H22N6O6/c1-21(8-23)27-5-10-12(24)13(25)16(28-10)22-7-19-11-14(17-6-18-15(11)22)20-9-2-3-26-4-9/h6-10,12-13,16,24-25H,2-5H2,1H3,(H,17,18,20)/t9-,10-,12-,13-,16-/m1/s1. The number of ether oxygens (including phenoxy) is 2. The molecule has 4 rings (SSSR count). The van der Waals surface area contributed by atoms with E-state index in [1.165, 1.54) is 19.7 Å². The average Bonchev–Trinajstić information content (AvgIpc) is 3.42. The van der Waals surface area contributed by atoms with Gasteiger partial charge in [-0.15, -0.1) is 0 Å². The van der Waals surface area contributed by atoms with Crippen molar-refractivity contribution < 1.29 is 29.3 Å². The molecule has 2 fully saturated rings. The van der Waals surface area contributed by atoms with Crippen molar-refractivity contribution in [3.8, 4) is 0 Å². The van der Waals surface area contributed by atoms with Gasteiger partial charge >= 0.3 is 0 Å². The molecule has 2 aliphatic heterocycles. The van der Waals surface area contributed by atoms with Crippen LogP contribution in [0.15, 0.2) is 12.7 Å². The molecule has 0 aliphatic carbocycles. The van der Waals surface area contributed by atoms with E-state index in [9.17, 15) is 15.0 Å². The molecule has 3 N–H and O–H groups in total. The fourth-order valence-corrected chi connectivity index (χ4v) is 3.30. The highest BCUT2D eigenvalue weighted by Crippen LogP contribution is 2.32. The number of aliphatic hydroxyl groups excluding tert-OH is 2. The van der Waals surface area contributed by atoms with E-state index in [0.717, 1.165) is 11.5 Å². The summed E-state index contributed by atoms with van der Waals surface area (Å²) in [6.45, 7) is 1.20. The molecule has 0 unspecified atom stereocenters. The lowest BCUT2D eigenvalue weighted by Crippen LogP contribution is -2.35. The minimum Gasteiger partial charge on any atom is -0.387 e. The second kappa shape index (κ2) is 7.93. The van der Waals surface area contributed by atoms with Crippen LogP contribution in [0.5, 0.6) is 0 Å². The van der Waals surface area contributed by atoms with Crippen LogP contribution in [0.2, 0.25) is 0 Å². The molecule has 0 radical (unpaired) electrons. The highest BCUT2D eigenvalue weighted by molar-refractivity contribution is 5.82. The maximum atomic E-state index is 10.6. The molecule has 2 saturated heterocycles. The average molecular weight is 394 g/mol. The zero-order valence-corrected chi connectivity index (χ0v) is 15.2. The van der Waals surface area contributed by atoms with Crippen LogP contribution in [0, 0.1) is 0 Å². The van der Waals surface area contributed by atoms with Gasteiger partial charge in [0.1, 0.15) is 31.2 Å². The van der Waals surface area contributed by atoms with E-state index in [1.54, 1.807) is 4.57 Å². The number of hydrogen-bond donors (Lipinski definition) is 3. The number of anilines is 1. The van der Waals surface area contributed by atoms with E-state index < -0.39 is 24.5 Å². The van der Waals surface area contributed by atoms with Crippen molar-refractivity contribution in [3.05, 3.63) is 12.7 Å². The molecule has 5 atom stereocenters. The Morgan fingerprint density at radius 1 is 1.39 bits per heavy atom. The van der Waals surface area contributed by atoms with Gasteiger partial charge in [0.2, 0.25) is 6.41 Å². The number of carbonyl (C=O) groups is 1. The van der Waals surface area contributed by atoms with Gasteiger partial charge in [0.05, 0.1) is 19.0 Å². The summed E-state index contributed by atoms with van der Waals surface area (Å²) in [6, 6.07) is 0.148. The number of aliphatic hydroxyl groups is 2. The minimum absolute atomic E-state index is 0.0972. The summed E-state index contributed by atoms with van der Waals surface area (Å²) in [5, 5.41) is 25.0. The molecule has 12 nitrogen and oxygen atoms in total. The van der Waals surface area contributed by atoms with E-state index in [-0.39, 0.29) is 12.6 Å². The highest BCUT2D eigenvalue weighted by atomic mass is 16.7. The van der Waals surface area contributed by atoms with E-state index in [1.807, 2.05) is 0 Å². The van der Waals surface area contributed by atoms with Crippen molar-refractivity contribution in [1.29, 1.82) is 0 Å². The van der Waals surface area contributed by atoms with Gasteiger partial charge in [-0.3, -0.25) is 14.2 Å². The van der Waals surface area contributed by atoms with Crippen molar-refractivity contribution in [3.63, 3.8) is 0 Å². The Bertz CT molecular complexity index is 827. The summed E-state index contributed by atoms with van der Waals surface area (Å²) in [7, 11) is 1.42. The lowest BCUT2D eigenvalue weighted by molar-refractivity contribution is -0.181. The summed E-state index contributed by atoms with van der Waals surface area (Å²) >= 11 is 0. The Balaban J connectivity index is 1.54. The quantitative estimate of drug-likeness (QED) is 0.381. The summed E-state index contributed by atoms with van der Waals surface area (Å²) in [6.07, 6.45) is 0.0918.